The molecule has 0 aromatic heterocycles. The number of rotatable bonds is 6. The van der Waals surface area contributed by atoms with E-state index in [1.165, 1.54) is 25.7 Å². The van der Waals surface area contributed by atoms with Gasteiger partial charge in [0, 0.05) is 31.4 Å². The quantitative estimate of drug-likeness (QED) is 0.425. The third kappa shape index (κ3) is 15.4. The highest BCUT2D eigenvalue weighted by atomic mass is 16.5. The molecule has 2 fully saturated rings. The Morgan fingerprint density at radius 3 is 2.33 bits per heavy atom. The monoisotopic (exact) mass is 505 g/mol. The van der Waals surface area contributed by atoms with Crippen LogP contribution in [-0.2, 0) is 9.53 Å². The van der Waals surface area contributed by atoms with Crippen LogP contribution < -0.4 is 11.1 Å². The minimum absolute atomic E-state index is 0.384. The average Bonchev–Trinajstić information content (AvgIpc) is 3.10. The van der Waals surface area contributed by atoms with E-state index < -0.39 is 11.5 Å². The summed E-state index contributed by atoms with van der Waals surface area (Å²) in [7, 11) is 0. The van der Waals surface area contributed by atoms with E-state index in [4.69, 9.17) is 10.5 Å². The lowest BCUT2D eigenvalue weighted by Crippen LogP contribution is -2.43. The van der Waals surface area contributed by atoms with Gasteiger partial charge in [0.2, 0.25) is 0 Å². The van der Waals surface area contributed by atoms with Gasteiger partial charge in [-0.3, -0.25) is 9.79 Å². The normalized spacial score (nSPS) is 19.4. The van der Waals surface area contributed by atoms with E-state index in [1.54, 1.807) is 0 Å². The zero-order valence-corrected chi connectivity index (χ0v) is 24.2. The molecule has 1 aromatic carbocycles. The summed E-state index contributed by atoms with van der Waals surface area (Å²) in [6, 6.07) is 8.15. The highest BCUT2D eigenvalue weighted by Gasteiger charge is 2.32. The fourth-order valence-electron chi connectivity index (χ4n) is 4.05. The van der Waals surface area contributed by atoms with Crippen molar-refractivity contribution >= 4 is 11.6 Å². The first-order valence-corrected chi connectivity index (χ1v) is 14.1. The van der Waals surface area contributed by atoms with E-state index in [0.29, 0.717) is 18.3 Å². The number of aliphatic imine (C=N–C) groups is 1. The molecule has 2 aliphatic rings. The number of carbonyl (C=O) groups is 1. The van der Waals surface area contributed by atoms with Crippen molar-refractivity contribution in [2.24, 2.45) is 16.6 Å². The zero-order valence-electron chi connectivity index (χ0n) is 24.2. The number of hydrogen-bond acceptors (Lipinski definition) is 5. The number of nitrogens with one attached hydrogen (secondary N) is 1. The minimum atomic E-state index is -0.460. The van der Waals surface area contributed by atoms with Crippen molar-refractivity contribution in [3.05, 3.63) is 35.4 Å². The van der Waals surface area contributed by atoms with E-state index in [1.807, 2.05) is 52.0 Å². The fraction of sp³-hybridized carbons (Fsp3) is 0.733. The van der Waals surface area contributed by atoms with E-state index in [2.05, 4.69) is 31.1 Å². The number of amides is 1. The molecule has 1 atom stereocenters. The van der Waals surface area contributed by atoms with Crippen molar-refractivity contribution in [3.63, 3.8) is 0 Å². The standard InChI is InChI=1S/C12H16N2O.C12H23NO2.C4H10.C2H6/c1-3-8-14-11(12(13)15)10-7-5-4-6-9(10)2;14-12(5-8-15-9-6-12)10-11-4-2-1-3-7-13-11;1-4(2)3;1-2/h4-7H,3,8H2,1-2H3,(H2,13,15);11,13-14H,1-10H2;4H,1-3H3;1-2H3/t;11-;;/m.0../s1. The first kappa shape index (κ1) is 34.2. The van der Waals surface area contributed by atoms with Gasteiger partial charge < -0.3 is 20.9 Å². The summed E-state index contributed by atoms with van der Waals surface area (Å²) in [5.41, 5.74) is 7.09. The molecule has 208 valence electrons. The van der Waals surface area contributed by atoms with Crippen molar-refractivity contribution < 1.29 is 14.6 Å². The number of aliphatic hydroxyl groups is 1. The summed E-state index contributed by atoms with van der Waals surface area (Å²) >= 11 is 0. The van der Waals surface area contributed by atoms with Crippen LogP contribution in [-0.4, -0.2) is 54.7 Å². The van der Waals surface area contributed by atoms with Crippen LogP contribution in [0.15, 0.2) is 29.3 Å². The molecule has 1 aromatic rings. The van der Waals surface area contributed by atoms with Crippen LogP contribution in [0.25, 0.3) is 0 Å². The molecule has 2 heterocycles. The zero-order chi connectivity index (χ0) is 27.4. The maximum Gasteiger partial charge on any atom is 0.267 e. The predicted molar refractivity (Wildman–Crippen MR) is 154 cm³/mol. The second-order valence-corrected chi connectivity index (χ2v) is 10.2. The SMILES string of the molecule is CC.CC(C)C.CCCN=C(C(N)=O)c1ccccc1C.OC1(C[C@@H]2CCCCCN2)CCOCC1. The third-order valence-electron chi connectivity index (χ3n) is 5.84. The summed E-state index contributed by atoms with van der Waals surface area (Å²) in [6.07, 6.45) is 8.60. The summed E-state index contributed by atoms with van der Waals surface area (Å²) in [6.45, 7) is 17.7. The lowest BCUT2D eigenvalue weighted by Gasteiger charge is -2.35. The van der Waals surface area contributed by atoms with Gasteiger partial charge in [0.25, 0.3) is 5.91 Å². The highest BCUT2D eigenvalue weighted by Crippen LogP contribution is 2.27. The number of nitrogens with two attached hydrogens (primary N) is 1. The van der Waals surface area contributed by atoms with Gasteiger partial charge in [0.15, 0.2) is 0 Å². The Hall–Kier alpha value is -1.76. The summed E-state index contributed by atoms with van der Waals surface area (Å²) in [5, 5.41) is 13.9. The fourth-order valence-corrected chi connectivity index (χ4v) is 4.05. The Bertz CT molecular complexity index is 717. The lowest BCUT2D eigenvalue weighted by atomic mass is 9.86. The van der Waals surface area contributed by atoms with Crippen LogP contribution in [0.1, 0.15) is 104 Å². The number of nitrogens with zero attached hydrogens (tertiary/aromatic N) is 1. The van der Waals surface area contributed by atoms with Gasteiger partial charge in [-0.2, -0.15) is 0 Å². The highest BCUT2D eigenvalue weighted by molar-refractivity contribution is 6.45. The van der Waals surface area contributed by atoms with E-state index in [0.717, 1.165) is 62.5 Å². The molecular formula is C30H55N3O3. The molecule has 0 saturated carbocycles. The van der Waals surface area contributed by atoms with Crippen molar-refractivity contribution in [1.29, 1.82) is 0 Å². The van der Waals surface area contributed by atoms with Crippen LogP contribution in [0, 0.1) is 12.8 Å². The molecule has 0 aliphatic carbocycles. The van der Waals surface area contributed by atoms with Gasteiger partial charge in [0.05, 0.1) is 5.60 Å². The summed E-state index contributed by atoms with van der Waals surface area (Å²) in [4.78, 5) is 15.5. The molecule has 6 nitrogen and oxygen atoms in total. The Labute approximate surface area is 221 Å². The minimum Gasteiger partial charge on any atom is -0.390 e. The van der Waals surface area contributed by atoms with Gasteiger partial charge in [-0.1, -0.05) is 78.6 Å². The number of ether oxygens (including phenoxy) is 1. The first-order chi connectivity index (χ1) is 17.2. The van der Waals surface area contributed by atoms with E-state index in [9.17, 15) is 9.90 Å². The van der Waals surface area contributed by atoms with Gasteiger partial charge >= 0.3 is 0 Å². The molecular weight excluding hydrogens is 450 g/mol. The number of hydrogen-bond donors (Lipinski definition) is 3. The molecule has 0 spiro atoms. The maximum absolute atomic E-state index is 11.2. The second-order valence-electron chi connectivity index (χ2n) is 10.2. The molecule has 0 bridgehead atoms. The Morgan fingerprint density at radius 1 is 1.17 bits per heavy atom. The first-order valence-electron chi connectivity index (χ1n) is 14.1. The lowest BCUT2D eigenvalue weighted by molar-refractivity contribution is -0.111. The van der Waals surface area contributed by atoms with Crippen molar-refractivity contribution in [3.8, 4) is 0 Å². The van der Waals surface area contributed by atoms with Gasteiger partial charge in [-0.05, 0) is 63.5 Å². The molecule has 0 unspecified atom stereocenters. The van der Waals surface area contributed by atoms with Crippen molar-refractivity contribution in [1.82, 2.24) is 5.32 Å². The van der Waals surface area contributed by atoms with Crippen LogP contribution in [0.2, 0.25) is 0 Å². The molecule has 2 aliphatic heterocycles. The molecule has 0 radical (unpaired) electrons. The number of benzene rings is 1. The molecule has 6 heteroatoms. The van der Waals surface area contributed by atoms with E-state index in [-0.39, 0.29) is 0 Å². The van der Waals surface area contributed by atoms with Crippen LogP contribution in [0.4, 0.5) is 0 Å². The van der Waals surface area contributed by atoms with E-state index >= 15 is 0 Å². The van der Waals surface area contributed by atoms with Gasteiger partial charge in [0.1, 0.15) is 5.71 Å². The predicted octanol–water partition coefficient (Wildman–Crippen LogP) is 5.82. The molecule has 36 heavy (non-hydrogen) atoms. The number of aryl methyl sites for hydroxylation is 1. The maximum atomic E-state index is 11.2. The van der Waals surface area contributed by atoms with Crippen LogP contribution in [0.5, 0.6) is 0 Å². The summed E-state index contributed by atoms with van der Waals surface area (Å²) in [5.74, 6) is 0.373. The molecule has 1 amide bonds. The van der Waals surface area contributed by atoms with Gasteiger partial charge in [-0.15, -0.1) is 0 Å². The Balaban J connectivity index is 0.000000560. The Morgan fingerprint density at radius 2 is 1.78 bits per heavy atom. The topological polar surface area (TPSA) is 96.9 Å². The van der Waals surface area contributed by atoms with Crippen molar-refractivity contribution in [2.75, 3.05) is 26.3 Å². The van der Waals surface area contributed by atoms with Gasteiger partial charge in [-0.25, -0.2) is 0 Å². The average molecular weight is 506 g/mol. The summed E-state index contributed by atoms with van der Waals surface area (Å²) < 4.78 is 5.30. The van der Waals surface area contributed by atoms with Crippen molar-refractivity contribution in [2.45, 2.75) is 111 Å². The number of primary amides is 1. The van der Waals surface area contributed by atoms with Crippen LogP contribution in [0.3, 0.4) is 0 Å². The smallest absolute Gasteiger partial charge is 0.267 e. The Kier molecular flexibility index (Phi) is 19.3. The van der Waals surface area contributed by atoms with Crippen LogP contribution >= 0.6 is 0 Å². The molecule has 2 saturated heterocycles. The molecule has 3 rings (SSSR count). The number of carbonyl (C=O) groups excluding carboxylic acids is 1. The second kappa shape index (κ2) is 20.3. The molecule has 4 N–H and O–H groups in total. The third-order valence-corrected chi connectivity index (χ3v) is 5.84. The largest absolute Gasteiger partial charge is 0.390 e.